The van der Waals surface area contributed by atoms with Gasteiger partial charge in [0.25, 0.3) is 5.91 Å². The Labute approximate surface area is 133 Å². The Morgan fingerprint density at radius 3 is 2.60 bits per heavy atom. The summed E-state index contributed by atoms with van der Waals surface area (Å²) < 4.78 is 25.1. The molecule has 6 heteroatoms. The highest BCUT2D eigenvalue weighted by molar-refractivity contribution is 14.1. The maximum absolute atomic E-state index is 12.2. The van der Waals surface area contributed by atoms with Crippen molar-refractivity contribution in [1.82, 2.24) is 4.90 Å². The zero-order valence-corrected chi connectivity index (χ0v) is 14.5. The van der Waals surface area contributed by atoms with E-state index < -0.39 is 15.1 Å². The number of halogens is 1. The molecule has 1 amide bonds. The Bertz CT molecular complexity index is 607. The minimum atomic E-state index is -3.07. The van der Waals surface area contributed by atoms with Gasteiger partial charge in [0, 0.05) is 22.2 Å². The van der Waals surface area contributed by atoms with Crippen LogP contribution >= 0.6 is 22.6 Å². The van der Waals surface area contributed by atoms with Crippen LogP contribution in [0.2, 0.25) is 0 Å². The van der Waals surface area contributed by atoms with Crippen LogP contribution in [0, 0.1) is 9.49 Å². The predicted octanol–water partition coefficient (Wildman–Crippen LogP) is 2.19. The zero-order valence-electron chi connectivity index (χ0n) is 11.5. The van der Waals surface area contributed by atoms with Crippen molar-refractivity contribution >= 4 is 38.3 Å². The van der Waals surface area contributed by atoms with Gasteiger partial charge in [0.1, 0.15) is 0 Å². The summed E-state index contributed by atoms with van der Waals surface area (Å²) in [5.74, 6) is 0.239. The normalized spacial score (nSPS) is 16.3. The molecule has 110 valence electrons. The summed E-state index contributed by atoms with van der Waals surface area (Å²) in [5.41, 5.74) is 0.622. The highest BCUT2D eigenvalue weighted by Crippen LogP contribution is 2.21. The molecule has 1 aliphatic rings. The van der Waals surface area contributed by atoms with E-state index in [9.17, 15) is 13.2 Å². The van der Waals surface area contributed by atoms with Gasteiger partial charge in [-0.2, -0.15) is 0 Å². The van der Waals surface area contributed by atoms with E-state index in [0.717, 1.165) is 3.57 Å². The molecule has 0 aliphatic carbocycles. The van der Waals surface area contributed by atoms with Crippen molar-refractivity contribution in [2.24, 2.45) is 5.92 Å². The number of hydrogen-bond acceptors (Lipinski definition) is 3. The molecule has 1 aromatic carbocycles. The van der Waals surface area contributed by atoms with Crippen molar-refractivity contribution in [1.29, 1.82) is 0 Å². The van der Waals surface area contributed by atoms with Crippen LogP contribution < -0.4 is 0 Å². The molecule has 1 aromatic rings. The van der Waals surface area contributed by atoms with Gasteiger partial charge in [0.2, 0.25) is 0 Å². The molecule has 20 heavy (non-hydrogen) atoms. The lowest BCUT2D eigenvalue weighted by Crippen LogP contribution is -2.57. The van der Waals surface area contributed by atoms with Crippen molar-refractivity contribution < 1.29 is 13.2 Å². The Morgan fingerprint density at radius 2 is 2.05 bits per heavy atom. The van der Waals surface area contributed by atoms with Crippen molar-refractivity contribution in [3.05, 3.63) is 33.4 Å². The van der Waals surface area contributed by atoms with Gasteiger partial charge in [-0.3, -0.25) is 4.79 Å². The van der Waals surface area contributed by atoms with Crippen LogP contribution in [0.25, 0.3) is 0 Å². The maximum atomic E-state index is 12.2. The lowest BCUT2D eigenvalue weighted by molar-refractivity contribution is 0.0658. The summed E-state index contributed by atoms with van der Waals surface area (Å²) in [7, 11) is -3.07. The predicted molar refractivity (Wildman–Crippen MR) is 87.5 cm³/mol. The molecule has 0 N–H and O–H groups in total. The first kappa shape index (κ1) is 15.8. The fourth-order valence-electron chi connectivity index (χ4n) is 2.24. The molecule has 0 bridgehead atoms. The second kappa shape index (κ2) is 6.01. The van der Waals surface area contributed by atoms with Gasteiger partial charge in [-0.05, 0) is 46.7 Å². The van der Waals surface area contributed by atoms with E-state index in [0.29, 0.717) is 18.7 Å². The second-order valence-electron chi connectivity index (χ2n) is 5.57. The van der Waals surface area contributed by atoms with E-state index in [4.69, 9.17) is 0 Å². The molecule has 0 spiro atoms. The minimum Gasteiger partial charge on any atom is -0.336 e. The number of carbonyl (C=O) groups excluding carboxylic acids is 1. The number of carbonyl (C=O) groups is 1. The SMILES string of the molecule is CC(C)CS(=O)(=O)C1CN(C(=O)c2cccc(I)c2)C1. The average molecular weight is 407 g/mol. The van der Waals surface area contributed by atoms with Gasteiger partial charge in [0.15, 0.2) is 9.84 Å². The minimum absolute atomic E-state index is 0.0838. The van der Waals surface area contributed by atoms with Gasteiger partial charge in [-0.25, -0.2) is 8.42 Å². The van der Waals surface area contributed by atoms with Crippen LogP contribution in [0.15, 0.2) is 24.3 Å². The first-order valence-electron chi connectivity index (χ1n) is 6.56. The van der Waals surface area contributed by atoms with Crippen LogP contribution in [0.3, 0.4) is 0 Å². The van der Waals surface area contributed by atoms with Gasteiger partial charge in [-0.15, -0.1) is 0 Å². The van der Waals surface area contributed by atoms with Gasteiger partial charge in [-0.1, -0.05) is 19.9 Å². The van der Waals surface area contributed by atoms with Crippen LogP contribution in [0.1, 0.15) is 24.2 Å². The highest BCUT2D eigenvalue weighted by Gasteiger charge is 2.39. The van der Waals surface area contributed by atoms with Crippen LogP contribution in [0.4, 0.5) is 0 Å². The third kappa shape index (κ3) is 3.52. The van der Waals surface area contributed by atoms with Gasteiger partial charge < -0.3 is 4.90 Å². The number of rotatable bonds is 4. The zero-order chi connectivity index (χ0) is 14.9. The topological polar surface area (TPSA) is 54.5 Å². The van der Waals surface area contributed by atoms with Crippen LogP contribution in [-0.2, 0) is 9.84 Å². The molecule has 0 aromatic heterocycles. The Kier molecular flexibility index (Phi) is 4.73. The second-order valence-corrected chi connectivity index (χ2v) is 9.14. The van der Waals surface area contributed by atoms with Crippen molar-refractivity contribution in [2.45, 2.75) is 19.1 Å². The molecule has 1 fully saturated rings. The van der Waals surface area contributed by atoms with E-state index in [1.807, 2.05) is 32.0 Å². The molecular weight excluding hydrogens is 389 g/mol. The summed E-state index contributed by atoms with van der Waals surface area (Å²) in [6, 6.07) is 7.34. The molecule has 0 atom stereocenters. The van der Waals surface area contributed by atoms with E-state index in [1.165, 1.54) is 0 Å². The van der Waals surface area contributed by atoms with Gasteiger partial charge in [0.05, 0.1) is 11.0 Å². The van der Waals surface area contributed by atoms with E-state index in [1.54, 1.807) is 11.0 Å². The Hall–Kier alpha value is -0.630. The average Bonchev–Trinajstić information content (AvgIpc) is 2.24. The van der Waals surface area contributed by atoms with Crippen molar-refractivity contribution in [3.63, 3.8) is 0 Å². The number of sulfone groups is 1. The molecular formula is C14H18INO3S. The molecule has 4 nitrogen and oxygen atoms in total. The molecule has 1 heterocycles. The molecule has 0 unspecified atom stereocenters. The van der Waals surface area contributed by atoms with Crippen molar-refractivity contribution in [2.75, 3.05) is 18.8 Å². The van der Waals surface area contributed by atoms with Crippen LogP contribution in [-0.4, -0.2) is 43.3 Å². The number of hydrogen-bond donors (Lipinski definition) is 0. The summed E-state index contributed by atoms with van der Waals surface area (Å²) in [6.45, 7) is 4.43. The monoisotopic (exact) mass is 407 g/mol. The standard InChI is InChI=1S/C14H18INO3S/c1-10(2)9-20(18,19)13-7-16(8-13)14(17)11-4-3-5-12(15)6-11/h3-6,10,13H,7-9H2,1-2H3. The lowest BCUT2D eigenvalue weighted by atomic mass is 10.1. The van der Waals surface area contributed by atoms with E-state index >= 15 is 0 Å². The molecule has 2 rings (SSSR count). The highest BCUT2D eigenvalue weighted by atomic mass is 127. The largest absolute Gasteiger partial charge is 0.336 e. The first-order valence-corrected chi connectivity index (χ1v) is 9.35. The Balaban J connectivity index is 1.98. The lowest BCUT2D eigenvalue weighted by Gasteiger charge is -2.39. The maximum Gasteiger partial charge on any atom is 0.253 e. The van der Waals surface area contributed by atoms with Crippen molar-refractivity contribution in [3.8, 4) is 0 Å². The molecule has 0 saturated carbocycles. The van der Waals surface area contributed by atoms with Gasteiger partial charge >= 0.3 is 0 Å². The summed E-state index contributed by atoms with van der Waals surface area (Å²) >= 11 is 2.16. The molecule has 0 radical (unpaired) electrons. The fourth-order valence-corrected chi connectivity index (χ4v) is 4.79. The fraction of sp³-hybridized carbons (Fsp3) is 0.500. The Morgan fingerprint density at radius 1 is 1.40 bits per heavy atom. The summed E-state index contributed by atoms with van der Waals surface area (Å²) in [5, 5.41) is -0.392. The number of likely N-dealkylation sites (tertiary alicyclic amines) is 1. The smallest absolute Gasteiger partial charge is 0.253 e. The van der Waals surface area contributed by atoms with Crippen LogP contribution in [0.5, 0.6) is 0 Å². The van der Waals surface area contributed by atoms with E-state index in [2.05, 4.69) is 22.6 Å². The number of amides is 1. The van der Waals surface area contributed by atoms with E-state index in [-0.39, 0.29) is 17.6 Å². The molecule has 1 saturated heterocycles. The number of nitrogens with zero attached hydrogens (tertiary/aromatic N) is 1. The first-order chi connectivity index (χ1) is 9.29. The third-order valence-corrected chi connectivity index (χ3v) is 6.40. The third-order valence-electron chi connectivity index (χ3n) is 3.28. The quantitative estimate of drug-likeness (QED) is 0.720. The molecule has 1 aliphatic heterocycles. The summed E-state index contributed by atoms with van der Waals surface area (Å²) in [4.78, 5) is 13.8. The number of benzene rings is 1. The summed E-state index contributed by atoms with van der Waals surface area (Å²) in [6.07, 6.45) is 0.